The Balaban J connectivity index is 1.55. The highest BCUT2D eigenvalue weighted by Gasteiger charge is 2.17. The van der Waals surface area contributed by atoms with Crippen molar-refractivity contribution in [3.63, 3.8) is 0 Å². The van der Waals surface area contributed by atoms with E-state index in [0.717, 1.165) is 17.8 Å². The molecule has 0 radical (unpaired) electrons. The normalized spacial score (nSPS) is 13.7. The maximum Gasteiger partial charge on any atom is 0.268 e. The number of carbonyl (C=O) groups is 1. The molecule has 1 aromatic carbocycles. The van der Waals surface area contributed by atoms with Crippen molar-refractivity contribution in [1.29, 1.82) is 0 Å². The molecule has 4 N–H and O–H groups in total. The minimum atomic E-state index is -1.46. The lowest BCUT2D eigenvalue weighted by atomic mass is 10.2. The molecule has 0 saturated carbocycles. The first kappa shape index (κ1) is 18.6. The van der Waals surface area contributed by atoms with E-state index in [1.54, 1.807) is 6.08 Å². The molecule has 1 atom stereocenters. The van der Waals surface area contributed by atoms with Crippen molar-refractivity contribution in [2.75, 3.05) is 25.5 Å². The summed E-state index contributed by atoms with van der Waals surface area (Å²) in [5, 5.41) is 15.5. The third-order valence-electron chi connectivity index (χ3n) is 4.06. The monoisotopic (exact) mass is 372 g/mol. The molecular formula is C19H18F2N4O2. The molecule has 2 aromatic rings. The second-order valence-electron chi connectivity index (χ2n) is 5.96. The molecule has 1 amide bonds. The van der Waals surface area contributed by atoms with Gasteiger partial charge in [-0.05, 0) is 23.9 Å². The number of aliphatic hydroxyl groups excluding tert-OH is 1. The third kappa shape index (κ3) is 4.34. The van der Waals surface area contributed by atoms with Crippen LogP contribution in [0, 0.1) is 11.6 Å². The number of nitrogens with zero attached hydrogens (tertiary/aromatic N) is 1. The molecule has 27 heavy (non-hydrogen) atoms. The van der Waals surface area contributed by atoms with Crippen LogP contribution in [0.25, 0.3) is 10.9 Å². The van der Waals surface area contributed by atoms with E-state index in [1.807, 2.05) is 24.1 Å². The standard InChI is InChI=1S/C19H18F2N4O2/c1-25(12-5-3-2-4-6-12)8-7-22-18(26)19(27)24-17-11-23-16-10-15(21)14(20)9-13(16)17/h2-3,5,9-11,18,22-23,26H,7-8H2,1H3,(H,24,27). The molecule has 0 saturated heterocycles. The number of rotatable bonds is 7. The molecule has 8 heteroatoms. The van der Waals surface area contributed by atoms with Gasteiger partial charge in [0.15, 0.2) is 17.9 Å². The van der Waals surface area contributed by atoms with E-state index in [1.165, 1.54) is 6.20 Å². The van der Waals surface area contributed by atoms with Crippen LogP contribution in [0.2, 0.25) is 0 Å². The first-order valence-corrected chi connectivity index (χ1v) is 8.23. The Hall–Kier alpha value is -3.15. The summed E-state index contributed by atoms with van der Waals surface area (Å²) >= 11 is 0. The summed E-state index contributed by atoms with van der Waals surface area (Å²) in [6.07, 6.45) is 5.41. The number of anilines is 1. The van der Waals surface area contributed by atoms with Crippen molar-refractivity contribution < 1.29 is 18.7 Å². The molecule has 0 spiro atoms. The fourth-order valence-electron chi connectivity index (χ4n) is 2.57. The molecule has 1 aliphatic rings. The van der Waals surface area contributed by atoms with Crippen molar-refractivity contribution in [2.45, 2.75) is 6.23 Å². The SMILES string of the molecule is CN(CCNC(O)C(=O)Nc1c[nH]c2cc(F)c(F)cc12)C1=C=C=CC=C1. The van der Waals surface area contributed by atoms with E-state index in [-0.39, 0.29) is 5.69 Å². The zero-order chi connectivity index (χ0) is 19.4. The van der Waals surface area contributed by atoms with Crippen LogP contribution in [0.15, 0.2) is 53.7 Å². The molecule has 1 unspecified atom stereocenters. The lowest BCUT2D eigenvalue weighted by Crippen LogP contribution is -2.43. The Bertz CT molecular complexity index is 999. The van der Waals surface area contributed by atoms with Crippen molar-refractivity contribution in [3.8, 4) is 0 Å². The number of amides is 1. The Labute approximate surface area is 154 Å². The quantitative estimate of drug-likeness (QED) is 0.443. The minimum absolute atomic E-state index is 0.251. The number of carbonyl (C=O) groups excluding carboxylic acids is 1. The van der Waals surface area contributed by atoms with Crippen molar-refractivity contribution in [3.05, 3.63) is 65.4 Å². The molecule has 1 heterocycles. The number of nitrogens with one attached hydrogen (secondary N) is 3. The van der Waals surface area contributed by atoms with Crippen LogP contribution >= 0.6 is 0 Å². The van der Waals surface area contributed by atoms with Gasteiger partial charge < -0.3 is 20.3 Å². The van der Waals surface area contributed by atoms with Crippen LogP contribution in [0.5, 0.6) is 0 Å². The average molecular weight is 372 g/mol. The molecule has 0 fully saturated rings. The Kier molecular flexibility index (Phi) is 5.54. The van der Waals surface area contributed by atoms with E-state index < -0.39 is 23.8 Å². The summed E-state index contributed by atoms with van der Waals surface area (Å²) in [6.45, 7) is 0.859. The predicted octanol–water partition coefficient (Wildman–Crippen LogP) is 1.99. The zero-order valence-corrected chi connectivity index (χ0v) is 14.5. The fourth-order valence-corrected chi connectivity index (χ4v) is 2.57. The van der Waals surface area contributed by atoms with Gasteiger partial charge in [-0.3, -0.25) is 10.1 Å². The van der Waals surface area contributed by atoms with Crippen LogP contribution in [0.4, 0.5) is 14.5 Å². The topological polar surface area (TPSA) is 80.4 Å². The smallest absolute Gasteiger partial charge is 0.268 e. The number of benzene rings is 1. The second-order valence-corrected chi connectivity index (χ2v) is 5.96. The molecule has 1 aromatic heterocycles. The summed E-state index contributed by atoms with van der Waals surface area (Å²) in [5.41, 5.74) is 7.23. The van der Waals surface area contributed by atoms with Gasteiger partial charge >= 0.3 is 0 Å². The fraction of sp³-hybridized carbons (Fsp3) is 0.211. The summed E-state index contributed by atoms with van der Waals surface area (Å²) in [7, 11) is 1.85. The molecular weight excluding hydrogens is 354 g/mol. The average Bonchev–Trinajstić information content (AvgIpc) is 3.04. The van der Waals surface area contributed by atoms with Crippen molar-refractivity contribution in [1.82, 2.24) is 15.2 Å². The number of hydrogen-bond acceptors (Lipinski definition) is 4. The number of aromatic amines is 1. The summed E-state index contributed by atoms with van der Waals surface area (Å²) in [4.78, 5) is 16.8. The molecule has 0 bridgehead atoms. The molecule has 6 nitrogen and oxygen atoms in total. The summed E-state index contributed by atoms with van der Waals surface area (Å²) in [5.74, 6) is -2.71. The van der Waals surface area contributed by atoms with E-state index >= 15 is 0 Å². The minimum Gasteiger partial charge on any atom is -0.370 e. The van der Waals surface area contributed by atoms with Crippen LogP contribution < -0.4 is 10.6 Å². The molecule has 140 valence electrons. The van der Waals surface area contributed by atoms with Crippen LogP contribution in [-0.2, 0) is 4.79 Å². The Morgan fingerprint density at radius 2 is 2.15 bits per heavy atom. The van der Waals surface area contributed by atoms with E-state index in [9.17, 15) is 18.7 Å². The second kappa shape index (κ2) is 8.03. The number of H-pyrrole nitrogens is 1. The van der Waals surface area contributed by atoms with Gasteiger partial charge in [-0.25, -0.2) is 8.78 Å². The number of allylic oxidation sites excluding steroid dienone is 3. The van der Waals surface area contributed by atoms with Crippen molar-refractivity contribution in [2.24, 2.45) is 0 Å². The van der Waals surface area contributed by atoms with E-state index in [4.69, 9.17) is 0 Å². The Morgan fingerprint density at radius 1 is 1.37 bits per heavy atom. The number of hydrogen-bond donors (Lipinski definition) is 4. The molecule has 0 aliphatic heterocycles. The number of aliphatic hydroxyl groups is 1. The van der Waals surface area contributed by atoms with Gasteiger partial charge in [-0.1, -0.05) is 11.8 Å². The van der Waals surface area contributed by atoms with Crippen molar-refractivity contribution >= 4 is 22.5 Å². The highest BCUT2D eigenvalue weighted by atomic mass is 19.2. The van der Waals surface area contributed by atoms with Gasteiger partial charge in [-0.15, -0.1) is 0 Å². The first-order valence-electron chi connectivity index (χ1n) is 8.23. The highest BCUT2D eigenvalue weighted by molar-refractivity contribution is 6.02. The highest BCUT2D eigenvalue weighted by Crippen LogP contribution is 2.25. The largest absolute Gasteiger partial charge is 0.370 e. The van der Waals surface area contributed by atoms with Gasteiger partial charge in [0.1, 0.15) is 0 Å². The van der Waals surface area contributed by atoms with E-state index in [0.29, 0.717) is 24.0 Å². The van der Waals surface area contributed by atoms with Gasteiger partial charge in [0.25, 0.3) is 5.91 Å². The maximum atomic E-state index is 13.4. The lowest BCUT2D eigenvalue weighted by molar-refractivity contribution is -0.125. The van der Waals surface area contributed by atoms with Gasteiger partial charge in [0.2, 0.25) is 0 Å². The zero-order valence-electron chi connectivity index (χ0n) is 14.5. The molecule has 1 aliphatic carbocycles. The summed E-state index contributed by atoms with van der Waals surface area (Å²) in [6, 6.07) is 1.99. The number of halogens is 2. The number of fused-ring (bicyclic) bond motifs is 1. The number of likely N-dealkylation sites (N-methyl/N-ethyl adjacent to an activating group) is 1. The Morgan fingerprint density at radius 3 is 2.89 bits per heavy atom. The first-order chi connectivity index (χ1) is 13.0. The lowest BCUT2D eigenvalue weighted by Gasteiger charge is -2.20. The van der Waals surface area contributed by atoms with Crippen LogP contribution in [-0.4, -0.2) is 47.3 Å². The van der Waals surface area contributed by atoms with Gasteiger partial charge in [-0.2, -0.15) is 0 Å². The maximum absolute atomic E-state index is 13.4. The van der Waals surface area contributed by atoms with Gasteiger partial charge in [0, 0.05) is 37.8 Å². The van der Waals surface area contributed by atoms with Gasteiger partial charge in [0.05, 0.1) is 16.9 Å². The van der Waals surface area contributed by atoms with Crippen LogP contribution in [0.3, 0.4) is 0 Å². The summed E-state index contributed by atoms with van der Waals surface area (Å²) < 4.78 is 26.6. The molecule has 3 rings (SSSR count). The van der Waals surface area contributed by atoms with Crippen LogP contribution in [0.1, 0.15) is 0 Å². The predicted molar refractivity (Wildman–Crippen MR) is 97.7 cm³/mol. The van der Waals surface area contributed by atoms with E-state index in [2.05, 4.69) is 27.1 Å². The third-order valence-corrected chi connectivity index (χ3v) is 4.06. The number of aromatic nitrogens is 1.